The van der Waals surface area contributed by atoms with E-state index in [1.807, 2.05) is 0 Å². The third kappa shape index (κ3) is 8.89. The summed E-state index contributed by atoms with van der Waals surface area (Å²) in [5.74, 6) is 0. The van der Waals surface area contributed by atoms with E-state index in [1.165, 1.54) is 0 Å². The van der Waals surface area contributed by atoms with Gasteiger partial charge >= 0.3 is 0 Å². The van der Waals surface area contributed by atoms with Crippen molar-refractivity contribution in [3.05, 3.63) is 0 Å². The minimum absolute atomic E-state index is 0. The fraction of sp³-hybridized carbons (Fsp3) is 0. The Morgan fingerprint density at radius 3 is 1.67 bits per heavy atom. The number of hydrogen-bond donors (Lipinski definition) is 0. The molecule has 0 spiro atoms. The first-order chi connectivity index (χ1) is 2.27. The summed E-state index contributed by atoms with van der Waals surface area (Å²) in [6, 6.07) is 0. The van der Waals surface area contributed by atoms with Crippen LogP contribution in [-0.4, -0.2) is 0 Å². The molecule has 0 aliphatic carbocycles. The van der Waals surface area contributed by atoms with Crippen LogP contribution in [0, 0.1) is 0 Å². The van der Waals surface area contributed by atoms with Gasteiger partial charge in [0.05, 0.1) is 11.0 Å². The van der Waals surface area contributed by atoms with Gasteiger partial charge in [-0.1, -0.05) is 0 Å². The topological polar surface area (TPSA) is 43.4 Å². The van der Waals surface area contributed by atoms with Crippen molar-refractivity contribution in [2.24, 2.45) is 0 Å². The van der Waals surface area contributed by atoms with Crippen LogP contribution in [0.1, 0.15) is 0 Å². The molecule has 1 atom stereocenters. The minimum Gasteiger partial charge on any atom is -0.406 e. The molecule has 0 aromatic carbocycles. The summed E-state index contributed by atoms with van der Waals surface area (Å²) >= 11 is 0. The first kappa shape index (κ1) is 10.1. The van der Waals surface area contributed by atoms with Crippen LogP contribution in [0.25, 0.3) is 0 Å². The SMILES string of the molecule is O=[S-](=O)OP.[Pd]. The quantitative estimate of drug-likeness (QED) is 0.355. The molecule has 6 heteroatoms. The van der Waals surface area contributed by atoms with Gasteiger partial charge in [-0.05, 0) is 9.47 Å². The molecule has 0 saturated heterocycles. The molecule has 0 heterocycles. The molecule has 0 N–H and O–H groups in total. The zero-order valence-corrected chi connectivity index (χ0v) is 6.05. The van der Waals surface area contributed by atoms with Gasteiger partial charge in [-0.2, -0.15) is 0 Å². The maximum Gasteiger partial charge on any atom is 0.0548 e. The Hall–Kier alpha value is 1.00. The summed E-state index contributed by atoms with van der Waals surface area (Å²) in [4.78, 5) is 0. The Morgan fingerprint density at radius 2 is 1.67 bits per heavy atom. The molecule has 0 saturated carbocycles. The molecular formula is H2O3PPdS-. The van der Waals surface area contributed by atoms with Crippen LogP contribution in [-0.2, 0) is 43.8 Å². The summed E-state index contributed by atoms with van der Waals surface area (Å²) < 4.78 is 21.8. The monoisotopic (exact) mass is 219 g/mol. The number of hydrogen-bond acceptors (Lipinski definition) is 4. The summed E-state index contributed by atoms with van der Waals surface area (Å²) in [7, 11) is -0.778. The van der Waals surface area contributed by atoms with Gasteiger partial charge in [-0.25, -0.2) is 0 Å². The van der Waals surface area contributed by atoms with Gasteiger partial charge in [0, 0.05) is 20.4 Å². The van der Waals surface area contributed by atoms with Crippen molar-refractivity contribution in [2.45, 2.75) is 0 Å². The van der Waals surface area contributed by atoms with Crippen molar-refractivity contribution in [3.8, 4) is 0 Å². The van der Waals surface area contributed by atoms with Crippen LogP contribution >= 0.6 is 9.47 Å². The van der Waals surface area contributed by atoms with E-state index in [1.54, 1.807) is 9.47 Å². The Morgan fingerprint density at radius 1 is 1.50 bits per heavy atom. The smallest absolute Gasteiger partial charge is 0.0548 e. The van der Waals surface area contributed by atoms with E-state index >= 15 is 0 Å². The van der Waals surface area contributed by atoms with Crippen molar-refractivity contribution in [1.82, 2.24) is 0 Å². The second-order valence-electron chi connectivity index (χ2n) is 0.300. The van der Waals surface area contributed by atoms with Crippen molar-refractivity contribution >= 4 is 20.5 Å². The molecule has 42 valence electrons. The van der Waals surface area contributed by atoms with Crippen LogP contribution < -0.4 is 0 Å². The molecule has 0 aromatic rings. The molecule has 0 rings (SSSR count). The summed E-state index contributed by atoms with van der Waals surface area (Å²) in [5.41, 5.74) is 0. The van der Waals surface area contributed by atoms with Gasteiger partial charge < -0.3 is 12.4 Å². The molecule has 0 amide bonds. The largest absolute Gasteiger partial charge is 0.406 e. The predicted octanol–water partition coefficient (Wildman–Crippen LogP) is 0.0149. The van der Waals surface area contributed by atoms with Gasteiger partial charge in [0.1, 0.15) is 0 Å². The molecule has 0 aliphatic rings. The third-order valence-electron chi connectivity index (χ3n) is 0.0786. The van der Waals surface area contributed by atoms with Crippen LogP contribution in [0.3, 0.4) is 0 Å². The van der Waals surface area contributed by atoms with Crippen LogP contribution in [0.2, 0.25) is 0 Å². The van der Waals surface area contributed by atoms with Crippen molar-refractivity contribution in [3.63, 3.8) is 0 Å². The molecule has 3 nitrogen and oxygen atoms in total. The maximum absolute atomic E-state index is 9.12. The number of rotatable bonds is 1. The third-order valence-corrected chi connectivity index (χ3v) is 0.707. The molecule has 0 radical (unpaired) electrons. The summed E-state index contributed by atoms with van der Waals surface area (Å²) in [6.07, 6.45) is 0. The van der Waals surface area contributed by atoms with Gasteiger partial charge in [0.2, 0.25) is 0 Å². The van der Waals surface area contributed by atoms with Crippen LogP contribution in [0.15, 0.2) is 0 Å². The zero-order chi connectivity index (χ0) is 4.28. The van der Waals surface area contributed by atoms with E-state index in [9.17, 15) is 0 Å². The fourth-order valence-corrected chi connectivity index (χ4v) is 0. The van der Waals surface area contributed by atoms with Crippen molar-refractivity contribution in [2.75, 3.05) is 0 Å². The predicted molar refractivity (Wildman–Crippen MR) is 19.5 cm³/mol. The van der Waals surface area contributed by atoms with Gasteiger partial charge in [-0.15, -0.1) is 0 Å². The van der Waals surface area contributed by atoms with E-state index < -0.39 is 11.0 Å². The molecule has 0 aromatic heterocycles. The fourth-order valence-electron chi connectivity index (χ4n) is 0. The molecule has 1 unspecified atom stereocenters. The minimum atomic E-state index is -2.36. The standard InChI is InChI=1S/H2O3PS.Pd/c1-5(2)3-4;/h4H2;/q-1;. The first-order valence-corrected chi connectivity index (χ1v) is 2.21. The van der Waals surface area contributed by atoms with Gasteiger partial charge in [0.25, 0.3) is 0 Å². The van der Waals surface area contributed by atoms with Gasteiger partial charge in [0.15, 0.2) is 0 Å². The van der Waals surface area contributed by atoms with E-state index in [0.717, 1.165) is 0 Å². The second-order valence-corrected chi connectivity index (χ2v) is 1.48. The van der Waals surface area contributed by atoms with E-state index in [4.69, 9.17) is 8.42 Å². The van der Waals surface area contributed by atoms with Crippen molar-refractivity contribution in [1.29, 1.82) is 0 Å². The maximum atomic E-state index is 9.12. The van der Waals surface area contributed by atoms with E-state index in [0.29, 0.717) is 0 Å². The first-order valence-electron chi connectivity index (χ1n) is 0.736. The Kier molecular flexibility index (Phi) is 10.1. The van der Waals surface area contributed by atoms with Crippen molar-refractivity contribution < 1.29 is 32.8 Å². The Labute approximate surface area is 53.6 Å². The average Bonchev–Trinajstić information content (AvgIpc) is 1.38. The average molecular weight is 219 g/mol. The zero-order valence-electron chi connectivity index (χ0n) is 2.53. The summed E-state index contributed by atoms with van der Waals surface area (Å²) in [5, 5.41) is 0. The van der Waals surface area contributed by atoms with Gasteiger partial charge in [-0.3, -0.25) is 0 Å². The van der Waals surface area contributed by atoms with E-state index in [-0.39, 0.29) is 20.4 Å². The molecule has 0 fully saturated rings. The van der Waals surface area contributed by atoms with E-state index in [2.05, 4.69) is 3.97 Å². The molecular weight excluding hydrogens is 217 g/mol. The summed E-state index contributed by atoms with van der Waals surface area (Å²) in [6.45, 7) is 0. The normalized spacial score (nSPS) is 7.67. The molecule has 0 bridgehead atoms. The molecule has 0 aliphatic heterocycles. The molecule has 6 heavy (non-hydrogen) atoms. The Bertz CT molecular complexity index is 68.9. The van der Waals surface area contributed by atoms with Crippen LogP contribution in [0.5, 0.6) is 0 Å². The Balaban J connectivity index is 0. The van der Waals surface area contributed by atoms with Crippen LogP contribution in [0.4, 0.5) is 0 Å². The second kappa shape index (κ2) is 6.00.